The zero-order valence-electron chi connectivity index (χ0n) is 16.7. The molecule has 154 valence electrons. The van der Waals surface area contributed by atoms with Crippen molar-refractivity contribution in [1.29, 1.82) is 0 Å². The fourth-order valence-corrected chi connectivity index (χ4v) is 3.44. The van der Waals surface area contributed by atoms with Crippen LogP contribution in [0.25, 0.3) is 28.0 Å². The van der Waals surface area contributed by atoms with Gasteiger partial charge in [0, 0.05) is 11.1 Å². The first kappa shape index (κ1) is 19.9. The van der Waals surface area contributed by atoms with E-state index in [4.69, 9.17) is 4.74 Å². The molecule has 0 spiro atoms. The lowest BCUT2D eigenvalue weighted by Crippen LogP contribution is -2.00. The van der Waals surface area contributed by atoms with Crippen LogP contribution in [0.2, 0.25) is 0 Å². The van der Waals surface area contributed by atoms with E-state index in [-0.39, 0.29) is 11.5 Å². The number of fused-ring (bicyclic) bond motifs is 1. The Labute approximate surface area is 171 Å². The topological polar surface area (TPSA) is 39.9 Å². The van der Waals surface area contributed by atoms with Crippen LogP contribution in [0.3, 0.4) is 0 Å². The van der Waals surface area contributed by atoms with Crippen molar-refractivity contribution < 1.29 is 17.9 Å². The molecule has 0 saturated carbocycles. The van der Waals surface area contributed by atoms with Crippen LogP contribution < -0.4 is 4.74 Å². The van der Waals surface area contributed by atoms with E-state index in [0.717, 1.165) is 0 Å². The molecule has 4 rings (SSSR count). The van der Waals surface area contributed by atoms with Crippen molar-refractivity contribution in [3.8, 4) is 22.7 Å². The number of hydrogen-bond donors (Lipinski definition) is 0. The molecule has 0 fully saturated rings. The van der Waals surface area contributed by atoms with Crippen molar-refractivity contribution in [2.45, 2.75) is 26.2 Å². The molecular formula is C23H20F3N3O. The number of halogens is 3. The highest BCUT2D eigenvalue weighted by molar-refractivity contribution is 5.87. The third kappa shape index (κ3) is 3.51. The van der Waals surface area contributed by atoms with Crippen LogP contribution in [0.1, 0.15) is 37.4 Å². The number of benzene rings is 2. The molecule has 0 N–H and O–H groups in total. The Morgan fingerprint density at radius 1 is 1.00 bits per heavy atom. The summed E-state index contributed by atoms with van der Waals surface area (Å²) in [6, 6.07) is 14.2. The molecule has 30 heavy (non-hydrogen) atoms. The molecule has 0 aliphatic rings. The number of ether oxygens (including phenoxy) is 1. The van der Waals surface area contributed by atoms with Gasteiger partial charge in [0.2, 0.25) is 0 Å². The summed E-state index contributed by atoms with van der Waals surface area (Å²) >= 11 is 0. The number of alkyl halides is 2. The second-order valence-electron chi connectivity index (χ2n) is 7.26. The largest absolute Gasteiger partial charge is 0.497 e. The van der Waals surface area contributed by atoms with E-state index < -0.39 is 12.2 Å². The van der Waals surface area contributed by atoms with Crippen molar-refractivity contribution in [1.82, 2.24) is 14.8 Å². The zero-order chi connectivity index (χ0) is 21.4. The summed E-state index contributed by atoms with van der Waals surface area (Å²) in [5, 5.41) is 4.90. The van der Waals surface area contributed by atoms with Gasteiger partial charge in [0.05, 0.1) is 29.6 Å². The lowest BCUT2D eigenvalue weighted by Gasteiger charge is -2.10. The molecule has 0 radical (unpaired) electrons. The molecule has 2 aromatic heterocycles. The Morgan fingerprint density at radius 3 is 2.37 bits per heavy atom. The minimum atomic E-state index is -2.71. The minimum absolute atomic E-state index is 0.101. The van der Waals surface area contributed by atoms with E-state index in [2.05, 4.69) is 10.1 Å². The summed E-state index contributed by atoms with van der Waals surface area (Å²) in [6.45, 7) is 3.78. The maximum absolute atomic E-state index is 14.1. The van der Waals surface area contributed by atoms with Gasteiger partial charge in [-0.15, -0.1) is 0 Å². The summed E-state index contributed by atoms with van der Waals surface area (Å²) in [7, 11) is 1.54. The Balaban J connectivity index is 2.05. The second-order valence-corrected chi connectivity index (χ2v) is 7.26. The molecule has 0 bridgehead atoms. The van der Waals surface area contributed by atoms with E-state index in [0.29, 0.717) is 39.4 Å². The molecule has 0 aliphatic carbocycles. The highest BCUT2D eigenvalue weighted by Crippen LogP contribution is 2.37. The van der Waals surface area contributed by atoms with E-state index >= 15 is 0 Å². The van der Waals surface area contributed by atoms with Gasteiger partial charge in [-0.25, -0.2) is 22.8 Å². The normalized spacial score (nSPS) is 11.6. The first-order chi connectivity index (χ1) is 14.4. The Bertz CT molecular complexity index is 1200. The van der Waals surface area contributed by atoms with Gasteiger partial charge in [-0.05, 0) is 48.4 Å². The van der Waals surface area contributed by atoms with Gasteiger partial charge in [0.25, 0.3) is 6.43 Å². The van der Waals surface area contributed by atoms with Gasteiger partial charge in [-0.3, -0.25) is 0 Å². The number of aromatic nitrogens is 3. The van der Waals surface area contributed by atoms with Crippen LogP contribution in [0.5, 0.6) is 5.75 Å². The van der Waals surface area contributed by atoms with Crippen LogP contribution >= 0.6 is 0 Å². The predicted octanol–water partition coefficient (Wildman–Crippen LogP) is 6.30. The fourth-order valence-electron chi connectivity index (χ4n) is 3.44. The van der Waals surface area contributed by atoms with E-state index in [1.54, 1.807) is 43.5 Å². The number of hydrogen-bond acceptors (Lipinski definition) is 3. The quantitative estimate of drug-likeness (QED) is 0.387. The molecule has 7 heteroatoms. The third-order valence-electron chi connectivity index (χ3n) is 4.91. The van der Waals surface area contributed by atoms with Gasteiger partial charge in [-0.2, -0.15) is 5.10 Å². The van der Waals surface area contributed by atoms with Crippen molar-refractivity contribution in [2.24, 2.45) is 0 Å². The fraction of sp³-hybridized carbons (Fsp3) is 0.217. The van der Waals surface area contributed by atoms with Gasteiger partial charge in [0.15, 0.2) is 5.65 Å². The first-order valence-corrected chi connectivity index (χ1v) is 9.51. The van der Waals surface area contributed by atoms with E-state index in [1.165, 1.54) is 22.9 Å². The third-order valence-corrected chi connectivity index (χ3v) is 4.91. The minimum Gasteiger partial charge on any atom is -0.497 e. The predicted molar refractivity (Wildman–Crippen MR) is 110 cm³/mol. The molecule has 4 aromatic rings. The van der Waals surface area contributed by atoms with Crippen LogP contribution in [0, 0.1) is 5.82 Å². The SMILES string of the molecule is COc1cccc(-c2cc(C(F)F)c3c(C(C)C)nn(-c4ccc(F)cc4)c3n2)c1. The summed E-state index contributed by atoms with van der Waals surface area (Å²) in [4.78, 5) is 4.68. The highest BCUT2D eigenvalue weighted by Gasteiger charge is 2.24. The standard InChI is InChI=1S/C23H20F3N3O/c1-13(2)21-20-18(22(25)26)12-19(14-5-4-6-17(11-14)30-3)27-23(20)29(28-21)16-9-7-15(24)8-10-16/h4-13,22H,1-3H3. The molecule has 4 nitrogen and oxygen atoms in total. The first-order valence-electron chi connectivity index (χ1n) is 9.51. The highest BCUT2D eigenvalue weighted by atomic mass is 19.3. The van der Waals surface area contributed by atoms with E-state index in [9.17, 15) is 13.2 Å². The van der Waals surface area contributed by atoms with Crippen molar-refractivity contribution in [3.63, 3.8) is 0 Å². The van der Waals surface area contributed by atoms with Gasteiger partial charge >= 0.3 is 0 Å². The summed E-state index contributed by atoms with van der Waals surface area (Å²) < 4.78 is 48.4. The second kappa shape index (κ2) is 7.82. The number of rotatable bonds is 5. The van der Waals surface area contributed by atoms with Gasteiger partial charge < -0.3 is 4.74 Å². The smallest absolute Gasteiger partial charge is 0.264 e. The van der Waals surface area contributed by atoms with Crippen molar-refractivity contribution >= 4 is 11.0 Å². The number of methoxy groups -OCH3 is 1. The average molecular weight is 411 g/mol. The molecule has 2 heterocycles. The average Bonchev–Trinajstić information content (AvgIpc) is 3.13. The summed E-state index contributed by atoms with van der Waals surface area (Å²) in [5.74, 6) is 0.108. The molecule has 0 saturated heterocycles. The molecule has 0 atom stereocenters. The van der Waals surface area contributed by atoms with Crippen molar-refractivity contribution in [2.75, 3.05) is 7.11 Å². The summed E-state index contributed by atoms with van der Waals surface area (Å²) in [6.07, 6.45) is -2.71. The van der Waals surface area contributed by atoms with Crippen LogP contribution in [0.4, 0.5) is 13.2 Å². The Morgan fingerprint density at radius 2 is 1.73 bits per heavy atom. The lowest BCUT2D eigenvalue weighted by atomic mass is 10.0. The molecule has 0 amide bonds. The van der Waals surface area contributed by atoms with Crippen molar-refractivity contribution in [3.05, 3.63) is 71.7 Å². The van der Waals surface area contributed by atoms with Gasteiger partial charge in [0.1, 0.15) is 11.6 Å². The number of pyridine rings is 1. The molecule has 0 aliphatic heterocycles. The maximum Gasteiger partial charge on any atom is 0.264 e. The molecule has 2 aromatic carbocycles. The Kier molecular flexibility index (Phi) is 5.20. The van der Waals surface area contributed by atoms with Crippen LogP contribution in [-0.2, 0) is 0 Å². The van der Waals surface area contributed by atoms with Crippen LogP contribution in [-0.4, -0.2) is 21.9 Å². The van der Waals surface area contributed by atoms with Gasteiger partial charge in [-0.1, -0.05) is 26.0 Å². The lowest BCUT2D eigenvalue weighted by molar-refractivity contribution is 0.153. The number of nitrogens with zero attached hydrogens (tertiary/aromatic N) is 3. The Hall–Kier alpha value is -3.35. The van der Waals surface area contributed by atoms with Crippen LogP contribution in [0.15, 0.2) is 54.6 Å². The molecule has 0 unspecified atom stereocenters. The van der Waals surface area contributed by atoms with E-state index in [1.807, 2.05) is 13.8 Å². The summed E-state index contributed by atoms with van der Waals surface area (Å²) in [5.41, 5.74) is 2.28. The monoisotopic (exact) mass is 411 g/mol. The maximum atomic E-state index is 14.1. The zero-order valence-corrected chi connectivity index (χ0v) is 16.7. The molecular weight excluding hydrogens is 391 g/mol.